The predicted octanol–water partition coefficient (Wildman–Crippen LogP) is 2.00. The number of carboxylic acid groups (broad SMARTS) is 1. The Labute approximate surface area is 123 Å². The van der Waals surface area contributed by atoms with E-state index in [9.17, 15) is 9.59 Å². The van der Waals surface area contributed by atoms with E-state index in [1.807, 2.05) is 30.3 Å². The third-order valence-corrected chi connectivity index (χ3v) is 3.32. The molecule has 0 saturated heterocycles. The van der Waals surface area contributed by atoms with Crippen LogP contribution in [0.4, 0.5) is 0 Å². The fourth-order valence-electron chi connectivity index (χ4n) is 2.22. The summed E-state index contributed by atoms with van der Waals surface area (Å²) in [6, 6.07) is 8.52. The van der Waals surface area contributed by atoms with Crippen molar-refractivity contribution in [2.75, 3.05) is 0 Å². The van der Waals surface area contributed by atoms with E-state index in [4.69, 9.17) is 5.11 Å². The van der Waals surface area contributed by atoms with E-state index in [0.29, 0.717) is 0 Å². The van der Waals surface area contributed by atoms with Crippen molar-refractivity contribution in [2.24, 2.45) is 5.92 Å². The number of nitrogens with one attached hydrogen (secondary N) is 1. The number of amides is 1. The molecule has 0 spiro atoms. The number of nitrogens with zero attached hydrogens (tertiary/aromatic N) is 1. The van der Waals surface area contributed by atoms with Gasteiger partial charge in [0.2, 0.25) is 5.91 Å². The van der Waals surface area contributed by atoms with Crippen LogP contribution in [0.25, 0.3) is 10.9 Å². The molecule has 1 atom stereocenters. The molecule has 1 aromatic heterocycles. The summed E-state index contributed by atoms with van der Waals surface area (Å²) in [7, 11) is 0. The Hall–Kier alpha value is -2.43. The molecule has 1 aromatic carbocycles. The smallest absolute Gasteiger partial charge is 0.326 e. The van der Waals surface area contributed by atoms with Crippen molar-refractivity contribution < 1.29 is 14.7 Å². The zero-order chi connectivity index (χ0) is 15.4. The molecular formula is C16H18N2O3. The molecule has 0 aliphatic carbocycles. The lowest BCUT2D eigenvalue weighted by Crippen LogP contribution is -2.44. The van der Waals surface area contributed by atoms with Crippen molar-refractivity contribution in [1.82, 2.24) is 10.3 Å². The fraction of sp³-hybridized carbons (Fsp3) is 0.312. The summed E-state index contributed by atoms with van der Waals surface area (Å²) in [5, 5.41) is 12.6. The summed E-state index contributed by atoms with van der Waals surface area (Å²) < 4.78 is 0. The van der Waals surface area contributed by atoms with Crippen LogP contribution in [0.1, 0.15) is 19.4 Å². The zero-order valence-corrected chi connectivity index (χ0v) is 12.0. The van der Waals surface area contributed by atoms with Gasteiger partial charge < -0.3 is 10.4 Å². The first-order chi connectivity index (χ1) is 9.99. The minimum atomic E-state index is -1.02. The quantitative estimate of drug-likeness (QED) is 0.881. The number of aliphatic carboxylic acids is 1. The predicted molar refractivity (Wildman–Crippen MR) is 79.9 cm³/mol. The van der Waals surface area contributed by atoms with E-state index < -0.39 is 12.0 Å². The van der Waals surface area contributed by atoms with E-state index in [0.717, 1.165) is 16.5 Å². The molecule has 0 unspecified atom stereocenters. The van der Waals surface area contributed by atoms with Crippen molar-refractivity contribution in [3.05, 3.63) is 42.1 Å². The number of para-hydroxylation sites is 1. The lowest BCUT2D eigenvalue weighted by molar-refractivity contribution is -0.143. The number of fused-ring (bicyclic) bond motifs is 1. The number of pyridine rings is 1. The van der Waals surface area contributed by atoms with Crippen molar-refractivity contribution in [3.63, 3.8) is 0 Å². The van der Waals surface area contributed by atoms with Crippen molar-refractivity contribution in [3.8, 4) is 0 Å². The zero-order valence-electron chi connectivity index (χ0n) is 12.0. The Morgan fingerprint density at radius 3 is 2.62 bits per heavy atom. The van der Waals surface area contributed by atoms with Crippen LogP contribution in [0.5, 0.6) is 0 Å². The van der Waals surface area contributed by atoms with Crippen LogP contribution < -0.4 is 5.32 Å². The number of aromatic nitrogens is 1. The van der Waals surface area contributed by atoms with Gasteiger partial charge in [-0.05, 0) is 17.5 Å². The molecule has 2 rings (SSSR count). The third-order valence-electron chi connectivity index (χ3n) is 3.32. The van der Waals surface area contributed by atoms with Gasteiger partial charge in [0.25, 0.3) is 0 Å². The summed E-state index contributed by atoms with van der Waals surface area (Å²) >= 11 is 0. The molecule has 5 nitrogen and oxygen atoms in total. The highest BCUT2D eigenvalue weighted by molar-refractivity contribution is 5.89. The van der Waals surface area contributed by atoms with Gasteiger partial charge >= 0.3 is 5.97 Å². The minimum absolute atomic E-state index is 0.116. The largest absolute Gasteiger partial charge is 0.480 e. The topological polar surface area (TPSA) is 79.3 Å². The minimum Gasteiger partial charge on any atom is -0.480 e. The number of carbonyl (C=O) groups is 2. The van der Waals surface area contributed by atoms with E-state index >= 15 is 0 Å². The van der Waals surface area contributed by atoms with Gasteiger partial charge in [-0.25, -0.2) is 4.79 Å². The van der Waals surface area contributed by atoms with Gasteiger partial charge in [0.15, 0.2) is 0 Å². The Bertz CT molecular complexity index is 662. The summed E-state index contributed by atoms with van der Waals surface area (Å²) in [6.45, 7) is 3.52. The third kappa shape index (κ3) is 3.56. The molecule has 1 heterocycles. The monoisotopic (exact) mass is 286 g/mol. The molecule has 21 heavy (non-hydrogen) atoms. The molecule has 2 aromatic rings. The van der Waals surface area contributed by atoms with Crippen LogP contribution in [-0.4, -0.2) is 28.0 Å². The average Bonchev–Trinajstić information content (AvgIpc) is 2.44. The maximum atomic E-state index is 12.1. The molecular weight excluding hydrogens is 268 g/mol. The first-order valence-electron chi connectivity index (χ1n) is 6.84. The van der Waals surface area contributed by atoms with Gasteiger partial charge in [-0.2, -0.15) is 0 Å². The van der Waals surface area contributed by atoms with Crippen LogP contribution in [0, 0.1) is 5.92 Å². The second-order valence-electron chi connectivity index (χ2n) is 5.30. The Morgan fingerprint density at radius 1 is 1.24 bits per heavy atom. The maximum absolute atomic E-state index is 12.1. The van der Waals surface area contributed by atoms with Gasteiger partial charge in [0, 0.05) is 11.6 Å². The summed E-state index contributed by atoms with van der Waals surface area (Å²) in [5.74, 6) is -1.50. The van der Waals surface area contributed by atoms with Crippen LogP contribution in [0.2, 0.25) is 0 Å². The summed E-state index contributed by atoms with van der Waals surface area (Å²) in [4.78, 5) is 27.5. The van der Waals surface area contributed by atoms with Gasteiger partial charge in [0.1, 0.15) is 6.04 Å². The van der Waals surface area contributed by atoms with Gasteiger partial charge in [-0.15, -0.1) is 0 Å². The lowest BCUT2D eigenvalue weighted by Gasteiger charge is -2.18. The SMILES string of the molecule is CC(C)[C@@H](NC(=O)Cc1cccc2cccnc12)C(=O)O. The van der Waals surface area contributed by atoms with Crippen molar-refractivity contribution >= 4 is 22.8 Å². The van der Waals surface area contributed by atoms with Crippen molar-refractivity contribution in [2.45, 2.75) is 26.3 Å². The first kappa shape index (κ1) is 15.0. The Kier molecular flexibility index (Phi) is 4.52. The number of hydrogen-bond donors (Lipinski definition) is 2. The number of carbonyl (C=O) groups excluding carboxylic acids is 1. The highest BCUT2D eigenvalue weighted by atomic mass is 16.4. The van der Waals surface area contributed by atoms with E-state index in [1.165, 1.54) is 0 Å². The number of rotatable bonds is 5. The Balaban J connectivity index is 2.17. The molecule has 0 radical (unpaired) electrons. The van der Waals surface area contributed by atoms with Gasteiger partial charge in [-0.3, -0.25) is 9.78 Å². The van der Waals surface area contributed by atoms with E-state index in [1.54, 1.807) is 20.0 Å². The fourth-order valence-corrected chi connectivity index (χ4v) is 2.22. The number of benzene rings is 1. The summed E-state index contributed by atoms with van der Waals surface area (Å²) in [6.07, 6.45) is 1.79. The molecule has 5 heteroatoms. The maximum Gasteiger partial charge on any atom is 0.326 e. The molecule has 0 aliphatic heterocycles. The first-order valence-corrected chi connectivity index (χ1v) is 6.84. The normalized spacial score (nSPS) is 12.3. The molecule has 0 bridgehead atoms. The molecule has 0 aliphatic rings. The molecule has 0 fully saturated rings. The highest BCUT2D eigenvalue weighted by Crippen LogP contribution is 2.16. The standard InChI is InChI=1S/C16H18N2O3/c1-10(2)14(16(20)21)18-13(19)9-12-6-3-5-11-7-4-8-17-15(11)12/h3-8,10,14H,9H2,1-2H3,(H,18,19)(H,20,21)/t14-/m1/s1. The highest BCUT2D eigenvalue weighted by Gasteiger charge is 2.23. The van der Waals surface area contributed by atoms with Crippen LogP contribution in [0.3, 0.4) is 0 Å². The number of carboxylic acids is 1. The second kappa shape index (κ2) is 6.35. The molecule has 0 saturated carbocycles. The van der Waals surface area contributed by atoms with E-state index in [-0.39, 0.29) is 18.2 Å². The van der Waals surface area contributed by atoms with Crippen LogP contribution in [0.15, 0.2) is 36.5 Å². The average molecular weight is 286 g/mol. The molecule has 2 N–H and O–H groups in total. The molecule has 110 valence electrons. The Morgan fingerprint density at radius 2 is 1.95 bits per heavy atom. The van der Waals surface area contributed by atoms with Crippen molar-refractivity contribution in [1.29, 1.82) is 0 Å². The number of hydrogen-bond acceptors (Lipinski definition) is 3. The summed E-state index contributed by atoms with van der Waals surface area (Å²) in [5.41, 5.74) is 1.56. The van der Waals surface area contributed by atoms with Gasteiger partial charge in [0.05, 0.1) is 11.9 Å². The van der Waals surface area contributed by atoms with E-state index in [2.05, 4.69) is 10.3 Å². The molecule has 1 amide bonds. The van der Waals surface area contributed by atoms with Crippen LogP contribution >= 0.6 is 0 Å². The lowest BCUT2D eigenvalue weighted by atomic mass is 10.0. The van der Waals surface area contributed by atoms with Gasteiger partial charge in [-0.1, -0.05) is 38.1 Å². The second-order valence-corrected chi connectivity index (χ2v) is 5.30. The van der Waals surface area contributed by atoms with Crippen LogP contribution in [-0.2, 0) is 16.0 Å².